The van der Waals surface area contributed by atoms with E-state index in [2.05, 4.69) is 42.3 Å². The average molecular weight is 300 g/mol. The monoisotopic (exact) mass is 299 g/mol. The molecule has 2 N–H and O–H groups in total. The van der Waals surface area contributed by atoms with Gasteiger partial charge in [0.25, 0.3) is 5.91 Å². The molecule has 1 atom stereocenters. The van der Waals surface area contributed by atoms with Crippen molar-refractivity contribution in [3.63, 3.8) is 0 Å². The zero-order valence-corrected chi connectivity index (χ0v) is 12.2. The minimum Gasteiger partial charge on any atom is -0.352 e. The minimum atomic E-state index is -0.00175. The summed E-state index contributed by atoms with van der Waals surface area (Å²) in [5.41, 5.74) is 0.706. The lowest BCUT2D eigenvalue weighted by molar-refractivity contribution is -0.861. The molecule has 0 spiro atoms. The second-order valence-electron chi connectivity index (χ2n) is 4.73. The average Bonchev–Trinajstić information content (AvgIpc) is 2.26. The first-order valence-corrected chi connectivity index (χ1v) is 6.61. The highest BCUT2D eigenvalue weighted by atomic mass is 79.9. The second-order valence-corrected chi connectivity index (χ2v) is 5.65. The largest absolute Gasteiger partial charge is 0.352 e. The smallest absolute Gasteiger partial charge is 0.251 e. The molecule has 0 saturated heterocycles. The molecule has 1 rings (SSSR count). The van der Waals surface area contributed by atoms with E-state index in [-0.39, 0.29) is 5.91 Å². The fraction of sp³-hybridized carbons (Fsp3) is 0.462. The van der Waals surface area contributed by atoms with Crippen LogP contribution in [0.4, 0.5) is 0 Å². The molecule has 0 bridgehead atoms. The summed E-state index contributed by atoms with van der Waals surface area (Å²) in [7, 11) is 4.24. The molecular weight excluding hydrogens is 280 g/mol. The Labute approximate surface area is 111 Å². The SMILES string of the molecule is C[C@@H](CNC(=O)c1ccc(Br)cc1)C[NH+](C)C. The number of nitrogens with one attached hydrogen (secondary N) is 2. The fourth-order valence-electron chi connectivity index (χ4n) is 1.74. The molecule has 1 amide bonds. The van der Waals surface area contributed by atoms with Gasteiger partial charge in [0.1, 0.15) is 0 Å². The number of carbonyl (C=O) groups excluding carboxylic acids is 1. The summed E-state index contributed by atoms with van der Waals surface area (Å²) in [5, 5.41) is 2.96. The summed E-state index contributed by atoms with van der Waals surface area (Å²) in [6.45, 7) is 3.93. The lowest BCUT2D eigenvalue weighted by Crippen LogP contribution is -3.06. The highest BCUT2D eigenvalue weighted by Crippen LogP contribution is 2.10. The van der Waals surface area contributed by atoms with Crippen LogP contribution >= 0.6 is 15.9 Å². The number of benzene rings is 1. The van der Waals surface area contributed by atoms with Crippen molar-refractivity contribution in [1.29, 1.82) is 0 Å². The highest BCUT2D eigenvalue weighted by Gasteiger charge is 2.09. The summed E-state index contributed by atoms with van der Waals surface area (Å²) >= 11 is 3.35. The van der Waals surface area contributed by atoms with E-state index in [4.69, 9.17) is 0 Å². The number of halogens is 1. The molecule has 0 aromatic heterocycles. The summed E-state index contributed by atoms with van der Waals surface area (Å²) in [4.78, 5) is 13.2. The summed E-state index contributed by atoms with van der Waals surface area (Å²) in [6.07, 6.45) is 0. The molecule has 1 aromatic rings. The first-order chi connectivity index (χ1) is 7.99. The van der Waals surface area contributed by atoms with Gasteiger partial charge in [-0.1, -0.05) is 22.9 Å². The van der Waals surface area contributed by atoms with Crippen LogP contribution in [0.25, 0.3) is 0 Å². The summed E-state index contributed by atoms with van der Waals surface area (Å²) in [5.74, 6) is 0.484. The number of carbonyl (C=O) groups is 1. The van der Waals surface area contributed by atoms with Gasteiger partial charge in [0.15, 0.2) is 0 Å². The zero-order valence-electron chi connectivity index (χ0n) is 10.6. The molecule has 0 radical (unpaired) electrons. The van der Waals surface area contributed by atoms with Crippen molar-refractivity contribution in [3.8, 4) is 0 Å². The summed E-state index contributed by atoms with van der Waals surface area (Å²) < 4.78 is 0.985. The normalized spacial score (nSPS) is 12.5. The molecule has 0 unspecified atom stereocenters. The Morgan fingerprint density at radius 1 is 1.35 bits per heavy atom. The van der Waals surface area contributed by atoms with Gasteiger partial charge < -0.3 is 10.2 Å². The van der Waals surface area contributed by atoms with Crippen LogP contribution in [0.15, 0.2) is 28.7 Å². The lowest BCUT2D eigenvalue weighted by Gasteiger charge is -2.15. The zero-order chi connectivity index (χ0) is 12.8. The van der Waals surface area contributed by atoms with Crippen LogP contribution in [0.2, 0.25) is 0 Å². The van der Waals surface area contributed by atoms with Crippen molar-refractivity contribution >= 4 is 21.8 Å². The maximum absolute atomic E-state index is 11.8. The van der Waals surface area contributed by atoms with Crippen LogP contribution < -0.4 is 10.2 Å². The predicted molar refractivity (Wildman–Crippen MR) is 73.3 cm³/mol. The molecule has 0 heterocycles. The first kappa shape index (κ1) is 14.2. The van der Waals surface area contributed by atoms with Crippen molar-refractivity contribution in [3.05, 3.63) is 34.3 Å². The van der Waals surface area contributed by atoms with Crippen LogP contribution in [0, 0.1) is 5.92 Å². The number of rotatable bonds is 5. The molecule has 0 aliphatic heterocycles. The van der Waals surface area contributed by atoms with Crippen LogP contribution in [-0.4, -0.2) is 33.1 Å². The van der Waals surface area contributed by atoms with E-state index < -0.39 is 0 Å². The van der Waals surface area contributed by atoms with Gasteiger partial charge in [0.05, 0.1) is 20.6 Å². The van der Waals surface area contributed by atoms with Gasteiger partial charge >= 0.3 is 0 Å². The third-order valence-electron chi connectivity index (χ3n) is 2.47. The Balaban J connectivity index is 2.42. The van der Waals surface area contributed by atoms with Crippen LogP contribution in [0.1, 0.15) is 17.3 Å². The van der Waals surface area contributed by atoms with Gasteiger partial charge in [-0.2, -0.15) is 0 Å². The topological polar surface area (TPSA) is 33.5 Å². The third kappa shape index (κ3) is 5.33. The highest BCUT2D eigenvalue weighted by molar-refractivity contribution is 9.10. The molecule has 94 valence electrons. The predicted octanol–water partition coefficient (Wildman–Crippen LogP) is 0.960. The molecule has 0 aliphatic rings. The van der Waals surface area contributed by atoms with E-state index in [1.54, 1.807) is 0 Å². The Morgan fingerprint density at radius 2 is 1.94 bits per heavy atom. The molecule has 0 saturated carbocycles. The Morgan fingerprint density at radius 3 is 2.47 bits per heavy atom. The Hall–Kier alpha value is -0.870. The van der Waals surface area contributed by atoms with Gasteiger partial charge in [-0.15, -0.1) is 0 Å². The molecular formula is C13H20BrN2O+. The van der Waals surface area contributed by atoms with Gasteiger partial charge in [0, 0.05) is 22.5 Å². The fourth-order valence-corrected chi connectivity index (χ4v) is 2.00. The van der Waals surface area contributed by atoms with Crippen molar-refractivity contribution in [2.45, 2.75) is 6.92 Å². The molecule has 3 nitrogen and oxygen atoms in total. The first-order valence-electron chi connectivity index (χ1n) is 5.82. The molecule has 4 heteroatoms. The molecule has 0 fully saturated rings. The molecule has 1 aromatic carbocycles. The second kappa shape index (κ2) is 6.77. The van der Waals surface area contributed by atoms with Gasteiger partial charge in [-0.05, 0) is 24.3 Å². The van der Waals surface area contributed by atoms with Gasteiger partial charge in [-0.3, -0.25) is 4.79 Å². The standard InChI is InChI=1S/C13H19BrN2O/c1-10(9-16(2)3)8-15-13(17)11-4-6-12(14)7-5-11/h4-7,10H,8-9H2,1-3H3,(H,15,17)/p+1/t10-/m0/s1. The lowest BCUT2D eigenvalue weighted by atomic mass is 10.1. The van der Waals surface area contributed by atoms with E-state index in [1.807, 2.05) is 24.3 Å². The quantitative estimate of drug-likeness (QED) is 0.834. The maximum atomic E-state index is 11.8. The van der Waals surface area contributed by atoms with E-state index in [9.17, 15) is 4.79 Å². The van der Waals surface area contributed by atoms with Crippen LogP contribution in [0.3, 0.4) is 0 Å². The maximum Gasteiger partial charge on any atom is 0.251 e. The Bertz CT molecular complexity index is 362. The van der Waals surface area contributed by atoms with E-state index >= 15 is 0 Å². The van der Waals surface area contributed by atoms with E-state index in [0.29, 0.717) is 11.5 Å². The van der Waals surface area contributed by atoms with Crippen molar-refractivity contribution in [1.82, 2.24) is 5.32 Å². The summed E-state index contributed by atoms with van der Waals surface area (Å²) in [6, 6.07) is 7.40. The van der Waals surface area contributed by atoms with Crippen LogP contribution in [-0.2, 0) is 0 Å². The number of hydrogen-bond acceptors (Lipinski definition) is 1. The number of hydrogen-bond donors (Lipinski definition) is 2. The van der Waals surface area contributed by atoms with Gasteiger partial charge in [-0.25, -0.2) is 0 Å². The minimum absolute atomic E-state index is 0.00175. The van der Waals surface area contributed by atoms with Crippen molar-refractivity contribution in [2.75, 3.05) is 27.2 Å². The number of amides is 1. The van der Waals surface area contributed by atoms with Gasteiger partial charge in [0.2, 0.25) is 0 Å². The molecule has 17 heavy (non-hydrogen) atoms. The Kier molecular flexibility index (Phi) is 5.65. The van der Waals surface area contributed by atoms with E-state index in [1.165, 1.54) is 4.90 Å². The number of quaternary nitrogens is 1. The van der Waals surface area contributed by atoms with Crippen LogP contribution in [0.5, 0.6) is 0 Å². The van der Waals surface area contributed by atoms with Crippen molar-refractivity contribution < 1.29 is 9.69 Å². The van der Waals surface area contributed by atoms with Crippen molar-refractivity contribution in [2.24, 2.45) is 5.92 Å². The molecule has 0 aliphatic carbocycles. The third-order valence-corrected chi connectivity index (χ3v) is 3.00. The van der Waals surface area contributed by atoms with E-state index in [0.717, 1.165) is 17.6 Å².